The number of guanidine groups is 1. The maximum atomic E-state index is 5.73. The topological polar surface area (TPSA) is 67.4 Å². The lowest BCUT2D eigenvalue weighted by Crippen LogP contribution is -2.47. The summed E-state index contributed by atoms with van der Waals surface area (Å²) < 4.78 is 16.4. The van der Waals surface area contributed by atoms with E-state index in [1.807, 2.05) is 18.2 Å². The van der Waals surface area contributed by atoms with Gasteiger partial charge in [0.15, 0.2) is 17.5 Å². The van der Waals surface area contributed by atoms with Crippen LogP contribution in [-0.4, -0.2) is 64.5 Å². The van der Waals surface area contributed by atoms with E-state index in [-0.39, 0.29) is 36.1 Å². The molecule has 2 N–H and O–H groups in total. The van der Waals surface area contributed by atoms with Crippen LogP contribution in [0.15, 0.2) is 40.7 Å². The molecule has 3 rings (SSSR count). The zero-order chi connectivity index (χ0) is 21.3. The second-order valence-corrected chi connectivity index (χ2v) is 8.18. The van der Waals surface area contributed by atoms with E-state index in [9.17, 15) is 0 Å². The summed E-state index contributed by atoms with van der Waals surface area (Å²) in [5.74, 6) is 2.22. The fourth-order valence-electron chi connectivity index (χ4n) is 3.61. The van der Waals surface area contributed by atoms with Crippen molar-refractivity contribution >= 4 is 41.3 Å². The Hall–Kier alpha value is -1.56. The summed E-state index contributed by atoms with van der Waals surface area (Å²) in [4.78, 5) is 8.24. The summed E-state index contributed by atoms with van der Waals surface area (Å²) in [5.41, 5.74) is 1.09. The van der Waals surface area contributed by atoms with E-state index >= 15 is 0 Å². The molecule has 7 nitrogen and oxygen atoms in total. The Morgan fingerprint density at radius 3 is 2.71 bits per heavy atom. The second-order valence-electron chi connectivity index (χ2n) is 7.20. The number of methoxy groups -OCH3 is 2. The SMILES string of the molecule is CN=C(NCc1ccc(OC)c(OC)c1)NCC(c1cccs1)N1CCOC(C)C1.I. The van der Waals surface area contributed by atoms with Crippen molar-refractivity contribution < 1.29 is 14.2 Å². The molecule has 2 heterocycles. The van der Waals surface area contributed by atoms with Crippen LogP contribution >= 0.6 is 35.3 Å². The van der Waals surface area contributed by atoms with Crippen LogP contribution < -0.4 is 20.1 Å². The molecular formula is C22H33IN4O3S. The molecule has 1 saturated heterocycles. The predicted octanol–water partition coefficient (Wildman–Crippen LogP) is 3.51. The number of hydrogen-bond donors (Lipinski definition) is 2. The standard InChI is InChI=1S/C22H32N4O3S.HI/c1-16-15-26(9-10-29-16)18(21-6-5-11-30-21)14-25-22(23-2)24-13-17-7-8-19(27-3)20(12-17)28-4;/h5-8,11-12,16,18H,9-10,13-15H2,1-4H3,(H2,23,24,25);1H. The predicted molar refractivity (Wildman–Crippen MR) is 137 cm³/mol. The first-order valence-electron chi connectivity index (χ1n) is 10.2. The van der Waals surface area contributed by atoms with Crippen molar-refractivity contribution in [2.24, 2.45) is 4.99 Å². The highest BCUT2D eigenvalue weighted by Crippen LogP contribution is 2.28. The number of halogens is 1. The Labute approximate surface area is 206 Å². The molecule has 0 saturated carbocycles. The van der Waals surface area contributed by atoms with Gasteiger partial charge in [-0.3, -0.25) is 9.89 Å². The lowest BCUT2D eigenvalue weighted by molar-refractivity contribution is -0.0334. The molecule has 1 fully saturated rings. The molecule has 9 heteroatoms. The van der Waals surface area contributed by atoms with Crippen LogP contribution in [0.4, 0.5) is 0 Å². The van der Waals surface area contributed by atoms with E-state index < -0.39 is 0 Å². The Morgan fingerprint density at radius 1 is 1.26 bits per heavy atom. The molecule has 1 aliphatic rings. The molecule has 2 aromatic rings. The van der Waals surface area contributed by atoms with Crippen molar-refractivity contribution in [2.75, 3.05) is 47.5 Å². The summed E-state index contributed by atoms with van der Waals surface area (Å²) in [6.07, 6.45) is 0.253. The molecule has 0 amide bonds. The van der Waals surface area contributed by atoms with Gasteiger partial charge in [-0.1, -0.05) is 12.1 Å². The first-order valence-corrected chi connectivity index (χ1v) is 11.1. The van der Waals surface area contributed by atoms with Gasteiger partial charge in [0.1, 0.15) is 0 Å². The molecule has 2 unspecified atom stereocenters. The lowest BCUT2D eigenvalue weighted by Gasteiger charge is -2.37. The normalized spacial score (nSPS) is 18.1. The highest BCUT2D eigenvalue weighted by Gasteiger charge is 2.26. The number of nitrogens with zero attached hydrogens (tertiary/aromatic N) is 2. The third kappa shape index (κ3) is 7.23. The van der Waals surface area contributed by atoms with Gasteiger partial charge in [-0.05, 0) is 36.1 Å². The van der Waals surface area contributed by atoms with Crippen molar-refractivity contribution in [3.8, 4) is 11.5 Å². The maximum Gasteiger partial charge on any atom is 0.191 e. The number of ether oxygens (including phenoxy) is 3. The van der Waals surface area contributed by atoms with Crippen LogP contribution in [-0.2, 0) is 11.3 Å². The zero-order valence-electron chi connectivity index (χ0n) is 18.6. The molecule has 0 spiro atoms. The summed E-state index contributed by atoms with van der Waals surface area (Å²) in [6, 6.07) is 10.5. The van der Waals surface area contributed by atoms with Crippen LogP contribution in [0.3, 0.4) is 0 Å². The quantitative estimate of drug-likeness (QED) is 0.293. The van der Waals surface area contributed by atoms with Gasteiger partial charge in [0.2, 0.25) is 0 Å². The lowest BCUT2D eigenvalue weighted by atomic mass is 10.1. The second kappa shape index (κ2) is 13.1. The minimum atomic E-state index is 0. The van der Waals surface area contributed by atoms with Gasteiger partial charge in [-0.15, -0.1) is 35.3 Å². The van der Waals surface area contributed by atoms with Crippen molar-refractivity contribution in [3.63, 3.8) is 0 Å². The van der Waals surface area contributed by atoms with Crippen LogP contribution in [0.1, 0.15) is 23.4 Å². The van der Waals surface area contributed by atoms with Gasteiger partial charge >= 0.3 is 0 Å². The van der Waals surface area contributed by atoms with E-state index in [1.165, 1.54) is 4.88 Å². The largest absolute Gasteiger partial charge is 0.493 e. The molecule has 1 aromatic heterocycles. The number of thiophene rings is 1. The third-order valence-corrected chi connectivity index (χ3v) is 6.15. The van der Waals surface area contributed by atoms with Crippen LogP contribution in [0.2, 0.25) is 0 Å². The number of morpholine rings is 1. The Balaban J connectivity index is 0.00000341. The number of rotatable bonds is 8. The van der Waals surface area contributed by atoms with Crippen LogP contribution in [0, 0.1) is 0 Å². The maximum absolute atomic E-state index is 5.73. The Kier molecular flexibility index (Phi) is 10.9. The molecular weight excluding hydrogens is 527 g/mol. The van der Waals surface area contributed by atoms with Gasteiger partial charge in [0, 0.05) is 38.1 Å². The van der Waals surface area contributed by atoms with Gasteiger partial charge in [0.05, 0.1) is 33.0 Å². The van der Waals surface area contributed by atoms with Crippen molar-refractivity contribution in [1.29, 1.82) is 0 Å². The Morgan fingerprint density at radius 2 is 2.06 bits per heavy atom. The number of nitrogens with one attached hydrogen (secondary N) is 2. The van der Waals surface area contributed by atoms with Crippen molar-refractivity contribution in [1.82, 2.24) is 15.5 Å². The van der Waals surface area contributed by atoms with E-state index in [0.29, 0.717) is 6.54 Å². The van der Waals surface area contributed by atoms with Crippen LogP contribution in [0.5, 0.6) is 11.5 Å². The minimum absolute atomic E-state index is 0. The van der Waals surface area contributed by atoms with Crippen molar-refractivity contribution in [3.05, 3.63) is 46.2 Å². The molecule has 0 aliphatic carbocycles. The molecule has 1 aromatic carbocycles. The molecule has 2 atom stereocenters. The first-order chi connectivity index (χ1) is 14.6. The van der Waals surface area contributed by atoms with Gasteiger partial charge < -0.3 is 24.8 Å². The first kappa shape index (κ1) is 25.7. The van der Waals surface area contributed by atoms with Gasteiger partial charge in [-0.2, -0.15) is 0 Å². The fourth-order valence-corrected chi connectivity index (χ4v) is 4.47. The van der Waals surface area contributed by atoms with E-state index in [0.717, 1.165) is 49.3 Å². The molecule has 172 valence electrons. The van der Waals surface area contributed by atoms with E-state index in [1.54, 1.807) is 32.6 Å². The van der Waals surface area contributed by atoms with E-state index in [4.69, 9.17) is 14.2 Å². The number of hydrogen-bond acceptors (Lipinski definition) is 6. The average molecular weight is 561 g/mol. The minimum Gasteiger partial charge on any atom is -0.493 e. The zero-order valence-corrected chi connectivity index (χ0v) is 21.7. The average Bonchev–Trinajstić information content (AvgIpc) is 3.30. The number of aliphatic imine (C=N–C) groups is 1. The molecule has 0 bridgehead atoms. The molecule has 0 radical (unpaired) electrons. The fraction of sp³-hybridized carbons (Fsp3) is 0.500. The monoisotopic (exact) mass is 560 g/mol. The van der Waals surface area contributed by atoms with E-state index in [2.05, 4.69) is 45.0 Å². The van der Waals surface area contributed by atoms with Gasteiger partial charge in [-0.25, -0.2) is 0 Å². The third-order valence-electron chi connectivity index (χ3n) is 5.18. The molecule has 1 aliphatic heterocycles. The highest BCUT2D eigenvalue weighted by molar-refractivity contribution is 14.0. The smallest absolute Gasteiger partial charge is 0.191 e. The Bertz CT molecular complexity index is 819. The summed E-state index contributed by atoms with van der Waals surface area (Å²) in [5, 5.41) is 9.02. The molecule has 31 heavy (non-hydrogen) atoms. The van der Waals surface area contributed by atoms with Gasteiger partial charge in [0.25, 0.3) is 0 Å². The summed E-state index contributed by atoms with van der Waals surface area (Å²) in [6.45, 7) is 6.19. The number of benzene rings is 1. The summed E-state index contributed by atoms with van der Waals surface area (Å²) >= 11 is 1.79. The summed E-state index contributed by atoms with van der Waals surface area (Å²) in [7, 11) is 5.08. The van der Waals surface area contributed by atoms with Crippen LogP contribution in [0.25, 0.3) is 0 Å². The van der Waals surface area contributed by atoms with Crippen molar-refractivity contribution in [2.45, 2.75) is 25.6 Å². The highest BCUT2D eigenvalue weighted by atomic mass is 127.